The Balaban J connectivity index is 1.68. The van der Waals surface area contributed by atoms with Crippen LogP contribution in [0.4, 0.5) is 0 Å². The first-order chi connectivity index (χ1) is 18.0. The first-order valence-corrected chi connectivity index (χ1v) is 14.3. The minimum Gasteiger partial charge on any atom is -0.450 e. The molecule has 4 atom stereocenters. The molecule has 0 saturated carbocycles. The topological polar surface area (TPSA) is 143 Å². The van der Waals surface area contributed by atoms with Gasteiger partial charge in [-0.05, 0) is 50.2 Å². The number of aryl methyl sites for hydroxylation is 2. The number of aliphatic hydroxyl groups excluding tert-OH is 1. The zero-order valence-electron chi connectivity index (χ0n) is 20.5. The van der Waals surface area contributed by atoms with Gasteiger partial charge in [0.1, 0.15) is 12.2 Å². The van der Waals surface area contributed by atoms with Gasteiger partial charge in [-0.2, -0.15) is 16.8 Å². The Morgan fingerprint density at radius 1 is 0.763 bits per heavy atom. The van der Waals surface area contributed by atoms with E-state index in [1.165, 1.54) is 36.4 Å². The van der Waals surface area contributed by atoms with Crippen LogP contribution in [-0.4, -0.2) is 59.1 Å². The summed E-state index contributed by atoms with van der Waals surface area (Å²) in [7, 11) is -8.96. The molecule has 0 spiro atoms. The molecule has 0 radical (unpaired) electrons. The number of benzene rings is 3. The maximum atomic E-state index is 13.1. The largest absolute Gasteiger partial charge is 0.450 e. The molecule has 4 unspecified atom stereocenters. The monoisotopic (exact) mass is 562 g/mol. The summed E-state index contributed by atoms with van der Waals surface area (Å²) < 4.78 is 73.7. The lowest BCUT2D eigenvalue weighted by Gasteiger charge is -2.38. The van der Waals surface area contributed by atoms with Crippen molar-refractivity contribution < 1.29 is 44.6 Å². The Morgan fingerprint density at radius 2 is 1.26 bits per heavy atom. The summed E-state index contributed by atoms with van der Waals surface area (Å²) in [6.45, 7) is 2.98. The van der Waals surface area contributed by atoms with Gasteiger partial charge >= 0.3 is 5.97 Å². The van der Waals surface area contributed by atoms with E-state index in [2.05, 4.69) is 0 Å². The molecular weight excluding hydrogens is 536 g/mol. The van der Waals surface area contributed by atoms with Crippen LogP contribution in [0.25, 0.3) is 0 Å². The van der Waals surface area contributed by atoms with Crippen molar-refractivity contribution >= 4 is 26.2 Å². The molecule has 1 aliphatic rings. The van der Waals surface area contributed by atoms with E-state index in [4.69, 9.17) is 17.8 Å². The van der Waals surface area contributed by atoms with Crippen LogP contribution in [0.2, 0.25) is 0 Å². The van der Waals surface area contributed by atoms with E-state index in [1.807, 2.05) is 0 Å². The van der Waals surface area contributed by atoms with E-state index in [1.54, 1.807) is 56.3 Å². The first kappa shape index (κ1) is 27.9. The Kier molecular flexibility index (Phi) is 8.31. The predicted molar refractivity (Wildman–Crippen MR) is 134 cm³/mol. The highest BCUT2D eigenvalue weighted by Crippen LogP contribution is 2.29. The van der Waals surface area contributed by atoms with Gasteiger partial charge in [0, 0.05) is 0 Å². The molecule has 0 bridgehead atoms. The van der Waals surface area contributed by atoms with Gasteiger partial charge in [0.05, 0.1) is 22.0 Å². The Morgan fingerprint density at radius 3 is 1.79 bits per heavy atom. The molecule has 1 N–H and O–H groups in total. The quantitative estimate of drug-likeness (QED) is 0.322. The number of hydrogen-bond acceptors (Lipinski definition) is 10. The highest BCUT2D eigenvalue weighted by atomic mass is 32.2. The molecule has 1 fully saturated rings. The summed E-state index contributed by atoms with van der Waals surface area (Å²) in [6, 6.07) is 19.3. The Bertz CT molecular complexity index is 1470. The van der Waals surface area contributed by atoms with Crippen LogP contribution in [0.1, 0.15) is 21.5 Å². The van der Waals surface area contributed by atoms with Crippen LogP contribution in [-0.2, 0) is 38.1 Å². The molecule has 0 aliphatic carbocycles. The van der Waals surface area contributed by atoms with Crippen molar-refractivity contribution in [3.63, 3.8) is 0 Å². The number of esters is 1. The lowest BCUT2D eigenvalue weighted by Crippen LogP contribution is -2.57. The number of carbonyl (C=O) groups is 1. The second kappa shape index (κ2) is 11.3. The van der Waals surface area contributed by atoms with Gasteiger partial charge in [0.25, 0.3) is 20.2 Å². The number of ether oxygens (including phenoxy) is 2. The number of hydrogen-bond donors (Lipinski definition) is 1. The molecule has 1 heterocycles. The molecule has 0 aromatic heterocycles. The lowest BCUT2D eigenvalue weighted by atomic mass is 10.1. The van der Waals surface area contributed by atoms with Crippen LogP contribution in [0, 0.1) is 13.8 Å². The van der Waals surface area contributed by atoms with E-state index in [0.717, 1.165) is 11.1 Å². The van der Waals surface area contributed by atoms with Crippen LogP contribution >= 0.6 is 0 Å². The lowest BCUT2D eigenvalue weighted by molar-refractivity contribution is -0.241. The molecule has 3 aromatic carbocycles. The highest BCUT2D eigenvalue weighted by molar-refractivity contribution is 7.87. The maximum absolute atomic E-state index is 13.1. The van der Waals surface area contributed by atoms with Gasteiger partial charge < -0.3 is 14.6 Å². The first-order valence-electron chi connectivity index (χ1n) is 11.5. The third-order valence-electron chi connectivity index (χ3n) is 5.76. The summed E-state index contributed by atoms with van der Waals surface area (Å²) in [5, 5.41) is 10.5. The summed E-state index contributed by atoms with van der Waals surface area (Å²) in [5.41, 5.74) is 1.71. The average molecular weight is 563 g/mol. The van der Waals surface area contributed by atoms with Crippen molar-refractivity contribution in [2.45, 2.75) is 48.2 Å². The van der Waals surface area contributed by atoms with Crippen molar-refractivity contribution in [2.75, 3.05) is 6.61 Å². The molecule has 10 nitrogen and oxygen atoms in total. The van der Waals surface area contributed by atoms with E-state index < -0.39 is 57.4 Å². The molecule has 1 aliphatic heterocycles. The van der Waals surface area contributed by atoms with E-state index in [-0.39, 0.29) is 15.4 Å². The Labute approximate surface area is 221 Å². The molecule has 12 heteroatoms. The SMILES string of the molecule is Cc1ccc(S(=O)(=O)OC2COC(O)C(OC(=O)c3ccccc3)C2OS(=O)(=O)c2ccc(C)cc2)cc1. The fraction of sp³-hybridized carbons (Fsp3) is 0.269. The standard InChI is InChI=1S/C26H26O10S2/c1-17-8-12-20(13-9-17)37(29,30)35-22-16-33-26(28)24(34-25(27)19-6-4-3-5-7-19)23(22)36-38(31,32)21-14-10-18(2)11-15-21/h3-15,22-24,26,28H,16H2,1-2H3. The summed E-state index contributed by atoms with van der Waals surface area (Å²) >= 11 is 0. The van der Waals surface area contributed by atoms with E-state index in [9.17, 15) is 26.7 Å². The number of rotatable bonds is 8. The fourth-order valence-electron chi connectivity index (χ4n) is 3.68. The van der Waals surface area contributed by atoms with Crippen molar-refractivity contribution in [3.05, 3.63) is 95.6 Å². The zero-order chi connectivity index (χ0) is 27.5. The maximum Gasteiger partial charge on any atom is 0.338 e. The summed E-state index contributed by atoms with van der Waals surface area (Å²) in [5.74, 6) is -0.915. The minimum atomic E-state index is -4.52. The van der Waals surface area contributed by atoms with Crippen molar-refractivity contribution in [2.24, 2.45) is 0 Å². The van der Waals surface area contributed by atoms with Crippen LogP contribution in [0.15, 0.2) is 88.7 Å². The van der Waals surface area contributed by atoms with Crippen LogP contribution in [0.5, 0.6) is 0 Å². The Hall–Kier alpha value is -3.13. The molecule has 0 amide bonds. The van der Waals surface area contributed by atoms with Crippen molar-refractivity contribution in [1.82, 2.24) is 0 Å². The molecule has 38 heavy (non-hydrogen) atoms. The number of aliphatic hydroxyl groups is 1. The normalized spacial score (nSPS) is 22.1. The van der Waals surface area contributed by atoms with Crippen molar-refractivity contribution in [3.8, 4) is 0 Å². The van der Waals surface area contributed by atoms with Crippen LogP contribution in [0.3, 0.4) is 0 Å². The molecule has 202 valence electrons. The van der Waals surface area contributed by atoms with Gasteiger partial charge in [0.15, 0.2) is 12.4 Å². The van der Waals surface area contributed by atoms with E-state index >= 15 is 0 Å². The van der Waals surface area contributed by atoms with Gasteiger partial charge in [-0.3, -0.25) is 8.37 Å². The molecular formula is C26H26O10S2. The second-order valence-electron chi connectivity index (χ2n) is 8.69. The van der Waals surface area contributed by atoms with Crippen molar-refractivity contribution in [1.29, 1.82) is 0 Å². The number of carbonyl (C=O) groups excluding carboxylic acids is 1. The average Bonchev–Trinajstić information content (AvgIpc) is 2.88. The predicted octanol–water partition coefficient (Wildman–Crippen LogP) is 2.73. The second-order valence-corrected chi connectivity index (χ2v) is 11.8. The fourth-order valence-corrected chi connectivity index (χ4v) is 5.85. The highest BCUT2D eigenvalue weighted by Gasteiger charge is 2.48. The van der Waals surface area contributed by atoms with Gasteiger partial charge in [-0.1, -0.05) is 53.6 Å². The van der Waals surface area contributed by atoms with Gasteiger partial charge in [-0.15, -0.1) is 0 Å². The zero-order valence-corrected chi connectivity index (χ0v) is 22.1. The summed E-state index contributed by atoms with van der Waals surface area (Å²) in [6.07, 6.45) is -6.96. The molecule has 1 saturated heterocycles. The minimum absolute atomic E-state index is 0.107. The van der Waals surface area contributed by atoms with Gasteiger partial charge in [0.2, 0.25) is 0 Å². The molecule has 4 rings (SSSR count). The summed E-state index contributed by atoms with van der Waals surface area (Å²) in [4.78, 5) is 12.4. The smallest absolute Gasteiger partial charge is 0.338 e. The van der Waals surface area contributed by atoms with Gasteiger partial charge in [-0.25, -0.2) is 4.79 Å². The molecule has 3 aromatic rings. The third-order valence-corrected chi connectivity index (χ3v) is 8.44. The third kappa shape index (κ3) is 6.46. The van der Waals surface area contributed by atoms with E-state index in [0.29, 0.717) is 0 Å². The van der Waals surface area contributed by atoms with Crippen LogP contribution < -0.4 is 0 Å².